The van der Waals surface area contributed by atoms with Crippen LogP contribution < -0.4 is 5.32 Å². The van der Waals surface area contributed by atoms with Crippen LogP contribution in [0.3, 0.4) is 0 Å². The molecule has 1 N–H and O–H groups in total. The first-order valence-corrected chi connectivity index (χ1v) is 8.01. The smallest absolute Gasteiger partial charge is 0.0442 e. The molecule has 3 rings (SSSR count). The van der Waals surface area contributed by atoms with Gasteiger partial charge in [-0.2, -0.15) is 0 Å². The normalized spacial score (nSPS) is 19.6. The Morgan fingerprint density at radius 3 is 2.74 bits per heavy atom. The van der Waals surface area contributed by atoms with E-state index < -0.39 is 0 Å². The van der Waals surface area contributed by atoms with Crippen molar-refractivity contribution < 1.29 is 0 Å². The molecule has 1 aliphatic carbocycles. The first-order valence-electron chi connectivity index (χ1n) is 7.13. The van der Waals surface area contributed by atoms with E-state index in [1.54, 1.807) is 0 Å². The third-order valence-electron chi connectivity index (χ3n) is 4.03. The van der Waals surface area contributed by atoms with Crippen molar-refractivity contribution >= 4 is 11.3 Å². The molecule has 1 aromatic heterocycles. The van der Waals surface area contributed by atoms with Crippen LogP contribution in [0.1, 0.15) is 48.4 Å². The van der Waals surface area contributed by atoms with Crippen molar-refractivity contribution in [3.8, 4) is 0 Å². The summed E-state index contributed by atoms with van der Waals surface area (Å²) in [5, 5.41) is 6.06. The lowest BCUT2D eigenvalue weighted by atomic mass is 10.00. The van der Waals surface area contributed by atoms with Gasteiger partial charge in [-0.3, -0.25) is 0 Å². The molecule has 19 heavy (non-hydrogen) atoms. The highest BCUT2D eigenvalue weighted by molar-refractivity contribution is 7.10. The molecule has 0 radical (unpaired) electrons. The fourth-order valence-electron chi connectivity index (χ4n) is 3.02. The average Bonchev–Trinajstić information content (AvgIpc) is 3.05. The van der Waals surface area contributed by atoms with Crippen molar-refractivity contribution in [2.24, 2.45) is 5.92 Å². The number of hydrogen-bond donors (Lipinski definition) is 1. The van der Waals surface area contributed by atoms with Gasteiger partial charge in [-0.1, -0.05) is 44.2 Å². The molecule has 1 heterocycles. The lowest BCUT2D eigenvalue weighted by molar-refractivity contribution is 0.366. The van der Waals surface area contributed by atoms with Crippen LogP contribution in [0.5, 0.6) is 0 Å². The molecular weight excluding hydrogens is 250 g/mol. The summed E-state index contributed by atoms with van der Waals surface area (Å²) >= 11 is 1.86. The van der Waals surface area contributed by atoms with Crippen molar-refractivity contribution in [2.45, 2.75) is 38.8 Å². The highest BCUT2D eigenvalue weighted by Crippen LogP contribution is 2.35. The number of aryl methyl sites for hydroxylation is 1. The van der Waals surface area contributed by atoms with Crippen LogP contribution in [0.25, 0.3) is 0 Å². The van der Waals surface area contributed by atoms with E-state index in [0.717, 1.165) is 0 Å². The Hall–Kier alpha value is -1.12. The van der Waals surface area contributed by atoms with Gasteiger partial charge in [-0.05, 0) is 41.3 Å². The summed E-state index contributed by atoms with van der Waals surface area (Å²) in [4.78, 5) is 1.46. The maximum atomic E-state index is 3.88. The van der Waals surface area contributed by atoms with Crippen molar-refractivity contribution in [3.05, 3.63) is 57.8 Å². The predicted octanol–water partition coefficient (Wildman–Crippen LogP) is 4.72. The zero-order valence-electron chi connectivity index (χ0n) is 11.6. The first kappa shape index (κ1) is 12.9. The van der Waals surface area contributed by atoms with E-state index >= 15 is 0 Å². The molecule has 100 valence electrons. The van der Waals surface area contributed by atoms with Crippen LogP contribution in [0.4, 0.5) is 0 Å². The molecule has 2 unspecified atom stereocenters. The molecule has 0 amide bonds. The van der Waals surface area contributed by atoms with Crippen LogP contribution >= 0.6 is 11.3 Å². The van der Waals surface area contributed by atoms with Gasteiger partial charge in [0, 0.05) is 17.0 Å². The number of thiophene rings is 1. The van der Waals surface area contributed by atoms with Gasteiger partial charge in [0.1, 0.15) is 0 Å². The van der Waals surface area contributed by atoms with E-state index in [4.69, 9.17) is 0 Å². The molecular formula is C17H21NS. The van der Waals surface area contributed by atoms with Gasteiger partial charge in [-0.15, -0.1) is 11.3 Å². The molecule has 2 heteroatoms. The summed E-state index contributed by atoms with van der Waals surface area (Å²) in [6, 6.07) is 14.3. The second-order valence-corrected chi connectivity index (χ2v) is 6.67. The van der Waals surface area contributed by atoms with Gasteiger partial charge in [0.2, 0.25) is 0 Å². The minimum absolute atomic E-state index is 0.469. The molecule has 1 aromatic carbocycles. The summed E-state index contributed by atoms with van der Waals surface area (Å²) in [6.45, 7) is 4.61. The Labute approximate surface area is 119 Å². The second-order valence-electron chi connectivity index (χ2n) is 5.69. The molecule has 0 fully saturated rings. The van der Waals surface area contributed by atoms with Crippen molar-refractivity contribution in [1.82, 2.24) is 5.32 Å². The maximum Gasteiger partial charge on any atom is 0.0442 e. The first-order chi connectivity index (χ1) is 9.25. The summed E-state index contributed by atoms with van der Waals surface area (Å²) in [7, 11) is 0. The monoisotopic (exact) mass is 271 g/mol. The fraction of sp³-hybridized carbons (Fsp3) is 0.412. The number of nitrogens with one attached hydrogen (secondary N) is 1. The summed E-state index contributed by atoms with van der Waals surface area (Å²) in [6.07, 6.45) is 2.44. The molecule has 0 saturated heterocycles. The molecule has 1 aliphatic rings. The summed E-state index contributed by atoms with van der Waals surface area (Å²) in [5.41, 5.74) is 3.03. The van der Waals surface area contributed by atoms with E-state index in [1.807, 2.05) is 11.3 Å². The quantitative estimate of drug-likeness (QED) is 0.848. The van der Waals surface area contributed by atoms with E-state index in [1.165, 1.54) is 28.8 Å². The Morgan fingerprint density at radius 1 is 1.16 bits per heavy atom. The predicted molar refractivity (Wildman–Crippen MR) is 82.5 cm³/mol. The van der Waals surface area contributed by atoms with E-state index in [-0.39, 0.29) is 0 Å². The molecule has 0 spiro atoms. The standard InChI is InChI=1S/C17H21NS/c1-12(2)17(16-8-5-11-19-16)18-15-10-9-13-6-3-4-7-14(13)15/h3-8,11-12,15,17-18H,9-10H2,1-2H3. The minimum atomic E-state index is 0.469. The van der Waals surface area contributed by atoms with Gasteiger partial charge in [0.25, 0.3) is 0 Å². The molecule has 0 bridgehead atoms. The van der Waals surface area contributed by atoms with Crippen LogP contribution in [-0.2, 0) is 6.42 Å². The Bertz CT molecular complexity index is 530. The molecule has 0 saturated carbocycles. The highest BCUT2D eigenvalue weighted by Gasteiger charge is 2.26. The van der Waals surface area contributed by atoms with Gasteiger partial charge >= 0.3 is 0 Å². The maximum absolute atomic E-state index is 3.88. The van der Waals surface area contributed by atoms with Gasteiger partial charge in [-0.25, -0.2) is 0 Å². The van der Waals surface area contributed by atoms with E-state index in [2.05, 4.69) is 60.9 Å². The number of rotatable bonds is 4. The number of benzene rings is 1. The number of fused-ring (bicyclic) bond motifs is 1. The third kappa shape index (κ3) is 2.60. The van der Waals surface area contributed by atoms with Crippen molar-refractivity contribution in [2.75, 3.05) is 0 Å². The van der Waals surface area contributed by atoms with Gasteiger partial charge in [0.05, 0.1) is 0 Å². The number of hydrogen-bond acceptors (Lipinski definition) is 2. The largest absolute Gasteiger partial charge is 0.302 e. The minimum Gasteiger partial charge on any atom is -0.302 e. The zero-order valence-corrected chi connectivity index (χ0v) is 12.4. The lowest BCUT2D eigenvalue weighted by Gasteiger charge is -2.26. The SMILES string of the molecule is CC(C)C(NC1CCc2ccccc21)c1cccs1. The van der Waals surface area contributed by atoms with Gasteiger partial charge in [0.15, 0.2) is 0 Å². The van der Waals surface area contributed by atoms with Crippen LogP contribution in [0.15, 0.2) is 41.8 Å². The molecule has 2 atom stereocenters. The third-order valence-corrected chi connectivity index (χ3v) is 4.99. The van der Waals surface area contributed by atoms with Crippen molar-refractivity contribution in [1.29, 1.82) is 0 Å². The summed E-state index contributed by atoms with van der Waals surface area (Å²) in [5.74, 6) is 0.617. The van der Waals surface area contributed by atoms with E-state index in [0.29, 0.717) is 18.0 Å². The van der Waals surface area contributed by atoms with Crippen LogP contribution in [-0.4, -0.2) is 0 Å². The fourth-order valence-corrected chi connectivity index (χ4v) is 3.98. The molecule has 1 nitrogen and oxygen atoms in total. The zero-order chi connectivity index (χ0) is 13.2. The van der Waals surface area contributed by atoms with Crippen LogP contribution in [0.2, 0.25) is 0 Å². The second kappa shape index (κ2) is 5.48. The molecule has 2 aromatic rings. The summed E-state index contributed by atoms with van der Waals surface area (Å²) < 4.78 is 0. The topological polar surface area (TPSA) is 12.0 Å². The van der Waals surface area contributed by atoms with Gasteiger partial charge < -0.3 is 5.32 Å². The Balaban J connectivity index is 1.81. The van der Waals surface area contributed by atoms with Crippen molar-refractivity contribution in [3.63, 3.8) is 0 Å². The average molecular weight is 271 g/mol. The molecule has 0 aliphatic heterocycles. The van der Waals surface area contributed by atoms with Crippen LogP contribution in [0, 0.1) is 5.92 Å². The lowest BCUT2D eigenvalue weighted by Crippen LogP contribution is -2.28. The highest BCUT2D eigenvalue weighted by atomic mass is 32.1. The Morgan fingerprint density at radius 2 is 2.00 bits per heavy atom. The Kier molecular flexibility index (Phi) is 3.72. The van der Waals surface area contributed by atoms with E-state index in [9.17, 15) is 0 Å².